The van der Waals surface area contributed by atoms with Crippen LogP contribution < -0.4 is 10.3 Å². The monoisotopic (exact) mass is 511 g/mol. The van der Waals surface area contributed by atoms with Crippen LogP contribution in [-0.2, 0) is 24.2 Å². The summed E-state index contributed by atoms with van der Waals surface area (Å²) in [5, 5.41) is 10.6. The Morgan fingerprint density at radius 2 is 2.03 bits per heavy atom. The minimum absolute atomic E-state index is 0.201. The first-order valence-corrected chi connectivity index (χ1v) is 12.8. The number of esters is 1. The van der Waals surface area contributed by atoms with Crippen molar-refractivity contribution >= 4 is 39.2 Å². The number of allylic oxidation sites excluding steroid dienone is 1. The summed E-state index contributed by atoms with van der Waals surface area (Å²) in [5.74, 6) is 1.03. The molecule has 186 valence electrons. The minimum Gasteiger partial charge on any atom is -0.488 e. The van der Waals surface area contributed by atoms with Gasteiger partial charge in [0, 0.05) is 10.4 Å². The van der Waals surface area contributed by atoms with E-state index < -0.39 is 5.97 Å². The lowest BCUT2D eigenvalue weighted by molar-refractivity contribution is 0.0600. The number of benzene rings is 2. The Kier molecular flexibility index (Phi) is 6.89. The second-order valence-electron chi connectivity index (χ2n) is 9.13. The molecule has 1 aliphatic carbocycles. The number of nitriles is 1. The molecule has 1 aliphatic rings. The second-order valence-corrected chi connectivity index (χ2v) is 10.2. The number of nitrogens with zero attached hydrogens (tertiary/aromatic N) is 2. The van der Waals surface area contributed by atoms with E-state index in [0.29, 0.717) is 33.0 Å². The largest absolute Gasteiger partial charge is 0.488 e. The van der Waals surface area contributed by atoms with Crippen LogP contribution in [0.15, 0.2) is 53.3 Å². The summed E-state index contributed by atoms with van der Waals surface area (Å²) in [6.07, 6.45) is 4.59. The van der Waals surface area contributed by atoms with Crippen LogP contribution in [0.5, 0.6) is 5.75 Å². The van der Waals surface area contributed by atoms with E-state index in [1.807, 2.05) is 24.3 Å². The molecule has 1 unspecified atom stereocenters. The first-order chi connectivity index (χ1) is 18.0. The zero-order chi connectivity index (χ0) is 25.9. The smallest absolute Gasteiger partial charge is 0.337 e. The Labute approximate surface area is 218 Å². The standard InChI is InChI=1S/C29H25N3O4S/c1-17-7-12-22-24(13-17)37-28-25(22)27(33)31-26(32-28)21(15-30)14-20-5-3-4-6-23(20)36-16-18-8-10-19(11-9-18)29(34)35-2/h3-6,8-11,14,17H,7,12-13,16H2,1-2H3,(H,31,32,33). The molecule has 2 aromatic carbocycles. The van der Waals surface area contributed by atoms with Crippen LogP contribution >= 0.6 is 11.3 Å². The fraction of sp³-hybridized carbons (Fsp3) is 0.241. The molecule has 0 bridgehead atoms. The van der Waals surface area contributed by atoms with Crippen molar-refractivity contribution in [2.45, 2.75) is 32.8 Å². The number of aryl methyl sites for hydroxylation is 1. The first kappa shape index (κ1) is 24.5. The Bertz CT molecular complexity index is 1610. The maximum atomic E-state index is 13.0. The third-order valence-electron chi connectivity index (χ3n) is 6.53. The molecular weight excluding hydrogens is 486 g/mol. The van der Waals surface area contributed by atoms with Gasteiger partial charge >= 0.3 is 5.97 Å². The van der Waals surface area contributed by atoms with E-state index in [1.165, 1.54) is 12.0 Å². The van der Waals surface area contributed by atoms with Crippen molar-refractivity contribution in [3.05, 3.63) is 91.8 Å². The molecule has 7 nitrogen and oxygen atoms in total. The number of hydrogen-bond acceptors (Lipinski definition) is 7. The van der Waals surface area contributed by atoms with E-state index in [2.05, 4.69) is 23.0 Å². The van der Waals surface area contributed by atoms with Gasteiger partial charge in [0.05, 0.1) is 23.6 Å². The van der Waals surface area contributed by atoms with Crippen molar-refractivity contribution in [1.29, 1.82) is 5.26 Å². The van der Waals surface area contributed by atoms with Gasteiger partial charge in [-0.3, -0.25) is 4.79 Å². The van der Waals surface area contributed by atoms with E-state index in [-0.39, 0.29) is 23.6 Å². The molecule has 0 aliphatic heterocycles. The molecule has 8 heteroatoms. The van der Waals surface area contributed by atoms with Crippen LogP contribution in [0.25, 0.3) is 21.9 Å². The van der Waals surface area contributed by atoms with Crippen molar-refractivity contribution in [3.63, 3.8) is 0 Å². The normalized spacial score (nSPS) is 15.2. The Balaban J connectivity index is 1.42. The summed E-state index contributed by atoms with van der Waals surface area (Å²) in [6, 6.07) is 16.5. The Morgan fingerprint density at radius 3 is 2.78 bits per heavy atom. The molecule has 0 spiro atoms. The van der Waals surface area contributed by atoms with Crippen LogP contribution in [0.2, 0.25) is 0 Å². The lowest BCUT2D eigenvalue weighted by Gasteiger charge is -2.17. The highest BCUT2D eigenvalue weighted by atomic mass is 32.1. The average Bonchev–Trinajstić information content (AvgIpc) is 3.28. The summed E-state index contributed by atoms with van der Waals surface area (Å²) in [5.41, 5.74) is 3.18. The van der Waals surface area contributed by atoms with Gasteiger partial charge in [-0.2, -0.15) is 5.26 Å². The van der Waals surface area contributed by atoms with Crippen molar-refractivity contribution in [3.8, 4) is 11.8 Å². The zero-order valence-electron chi connectivity index (χ0n) is 20.5. The van der Waals surface area contributed by atoms with Crippen molar-refractivity contribution in [2.24, 2.45) is 5.92 Å². The third-order valence-corrected chi connectivity index (χ3v) is 7.68. The highest BCUT2D eigenvalue weighted by Gasteiger charge is 2.23. The van der Waals surface area contributed by atoms with Gasteiger partial charge in [0.2, 0.25) is 0 Å². The van der Waals surface area contributed by atoms with Crippen molar-refractivity contribution in [1.82, 2.24) is 9.97 Å². The molecule has 0 saturated heterocycles. The number of methoxy groups -OCH3 is 1. The number of para-hydroxylation sites is 1. The number of ether oxygens (including phenoxy) is 2. The number of aromatic nitrogens is 2. The molecule has 4 aromatic rings. The number of fused-ring (bicyclic) bond motifs is 3. The van der Waals surface area contributed by atoms with Crippen molar-refractivity contribution in [2.75, 3.05) is 7.11 Å². The molecule has 1 N–H and O–H groups in total. The van der Waals surface area contributed by atoms with Crippen LogP contribution in [0.4, 0.5) is 0 Å². The quantitative estimate of drug-likeness (QED) is 0.269. The molecule has 0 saturated carbocycles. The maximum Gasteiger partial charge on any atom is 0.337 e. The van der Waals surface area contributed by atoms with Crippen LogP contribution in [0.3, 0.4) is 0 Å². The maximum absolute atomic E-state index is 13.0. The SMILES string of the molecule is COC(=O)c1ccc(COc2ccccc2C=C(C#N)c2nc3sc4c(c3c(=O)[nH]2)CCC(C)C4)cc1. The Morgan fingerprint density at radius 1 is 1.24 bits per heavy atom. The molecule has 2 heterocycles. The van der Waals surface area contributed by atoms with E-state index in [1.54, 1.807) is 41.7 Å². The third kappa shape index (κ3) is 5.04. The van der Waals surface area contributed by atoms with E-state index >= 15 is 0 Å². The van der Waals surface area contributed by atoms with Gasteiger partial charge in [-0.25, -0.2) is 9.78 Å². The Hall–Kier alpha value is -4.22. The molecule has 0 amide bonds. The van der Waals surface area contributed by atoms with Crippen LogP contribution in [-0.4, -0.2) is 23.0 Å². The predicted octanol–water partition coefficient (Wildman–Crippen LogP) is 5.54. The van der Waals surface area contributed by atoms with Crippen LogP contribution in [0, 0.1) is 17.2 Å². The number of nitrogens with one attached hydrogen (secondary N) is 1. The number of rotatable bonds is 6. The number of carbonyl (C=O) groups is 1. The lowest BCUT2D eigenvalue weighted by Crippen LogP contribution is -2.14. The highest BCUT2D eigenvalue weighted by Crippen LogP contribution is 2.36. The van der Waals surface area contributed by atoms with Gasteiger partial charge in [0.1, 0.15) is 23.3 Å². The fourth-order valence-electron chi connectivity index (χ4n) is 4.53. The van der Waals surface area contributed by atoms with E-state index in [0.717, 1.165) is 30.4 Å². The predicted molar refractivity (Wildman–Crippen MR) is 143 cm³/mol. The summed E-state index contributed by atoms with van der Waals surface area (Å²) in [7, 11) is 1.34. The molecule has 2 aromatic heterocycles. The van der Waals surface area contributed by atoms with Gasteiger partial charge in [-0.15, -0.1) is 11.3 Å². The number of H-pyrrole nitrogens is 1. The van der Waals surface area contributed by atoms with E-state index in [4.69, 9.17) is 9.47 Å². The van der Waals surface area contributed by atoms with Gasteiger partial charge in [-0.1, -0.05) is 37.3 Å². The van der Waals surface area contributed by atoms with Gasteiger partial charge in [-0.05, 0) is 60.6 Å². The molecule has 5 rings (SSSR count). The van der Waals surface area contributed by atoms with E-state index in [9.17, 15) is 14.9 Å². The molecule has 1 atom stereocenters. The number of hydrogen-bond donors (Lipinski definition) is 1. The van der Waals surface area contributed by atoms with Gasteiger partial charge < -0.3 is 14.5 Å². The van der Waals surface area contributed by atoms with Crippen LogP contribution in [0.1, 0.15) is 51.1 Å². The molecule has 37 heavy (non-hydrogen) atoms. The lowest BCUT2D eigenvalue weighted by atomic mass is 9.89. The average molecular weight is 512 g/mol. The molecular formula is C29H25N3O4S. The topological polar surface area (TPSA) is 105 Å². The van der Waals surface area contributed by atoms with Gasteiger partial charge in [0.25, 0.3) is 5.56 Å². The highest BCUT2D eigenvalue weighted by molar-refractivity contribution is 7.18. The zero-order valence-corrected chi connectivity index (χ0v) is 21.4. The second kappa shape index (κ2) is 10.4. The summed E-state index contributed by atoms with van der Waals surface area (Å²) in [4.78, 5) is 34.1. The molecule has 0 radical (unpaired) electrons. The fourth-order valence-corrected chi connectivity index (χ4v) is 5.92. The molecule has 0 fully saturated rings. The van der Waals surface area contributed by atoms with Gasteiger partial charge in [0.15, 0.2) is 5.82 Å². The summed E-state index contributed by atoms with van der Waals surface area (Å²) in [6.45, 7) is 2.50. The summed E-state index contributed by atoms with van der Waals surface area (Å²) < 4.78 is 10.8. The number of thiophene rings is 1. The first-order valence-electron chi connectivity index (χ1n) is 12.0. The number of carbonyl (C=O) groups excluding carboxylic acids is 1. The minimum atomic E-state index is -0.394. The summed E-state index contributed by atoms with van der Waals surface area (Å²) >= 11 is 1.56. The van der Waals surface area contributed by atoms with Crippen molar-refractivity contribution < 1.29 is 14.3 Å². The number of aromatic amines is 1.